The standard InChI is InChI=1S/C13H9FO2S/c14-10-4-1-3-9(7-10)12(13(15)16)8-11-5-2-6-17-11/h1-8H,(H,15,16)/b12-8+. The molecule has 2 nitrogen and oxygen atoms in total. The number of carboxylic acids is 1. The molecular formula is C13H9FO2S. The monoisotopic (exact) mass is 248 g/mol. The van der Waals surface area contributed by atoms with Crippen LogP contribution >= 0.6 is 11.3 Å². The molecular weight excluding hydrogens is 239 g/mol. The second kappa shape index (κ2) is 4.93. The van der Waals surface area contributed by atoms with Gasteiger partial charge in [-0.05, 0) is 35.2 Å². The molecule has 1 N–H and O–H groups in total. The minimum Gasteiger partial charge on any atom is -0.478 e. The molecule has 1 heterocycles. The van der Waals surface area contributed by atoms with E-state index in [1.807, 2.05) is 17.5 Å². The molecule has 0 aliphatic heterocycles. The van der Waals surface area contributed by atoms with Crippen LogP contribution in [0.25, 0.3) is 11.6 Å². The average molecular weight is 248 g/mol. The normalized spacial score (nSPS) is 11.5. The Hall–Kier alpha value is -1.94. The van der Waals surface area contributed by atoms with Crippen LogP contribution < -0.4 is 0 Å². The van der Waals surface area contributed by atoms with Crippen molar-refractivity contribution in [3.05, 3.63) is 58.0 Å². The van der Waals surface area contributed by atoms with Crippen molar-refractivity contribution in [3.63, 3.8) is 0 Å². The van der Waals surface area contributed by atoms with E-state index in [-0.39, 0.29) is 5.57 Å². The molecule has 1 aromatic carbocycles. The van der Waals surface area contributed by atoms with Crippen LogP contribution in [0.4, 0.5) is 4.39 Å². The van der Waals surface area contributed by atoms with E-state index in [0.717, 1.165) is 4.88 Å². The molecule has 2 aromatic rings. The van der Waals surface area contributed by atoms with Gasteiger partial charge in [-0.15, -0.1) is 11.3 Å². The highest BCUT2D eigenvalue weighted by Gasteiger charge is 2.11. The number of halogens is 1. The summed E-state index contributed by atoms with van der Waals surface area (Å²) in [5.74, 6) is -1.51. The summed E-state index contributed by atoms with van der Waals surface area (Å²) in [6, 6.07) is 9.22. The average Bonchev–Trinajstić information content (AvgIpc) is 2.78. The van der Waals surface area contributed by atoms with Crippen LogP contribution in [0.2, 0.25) is 0 Å². The van der Waals surface area contributed by atoms with Gasteiger partial charge in [0.1, 0.15) is 5.82 Å². The second-order valence-corrected chi connectivity index (χ2v) is 4.37. The van der Waals surface area contributed by atoms with Crippen molar-refractivity contribution in [2.75, 3.05) is 0 Å². The van der Waals surface area contributed by atoms with Crippen molar-refractivity contribution in [1.29, 1.82) is 0 Å². The van der Waals surface area contributed by atoms with Crippen LogP contribution in [0.1, 0.15) is 10.4 Å². The van der Waals surface area contributed by atoms with Gasteiger partial charge in [-0.1, -0.05) is 18.2 Å². The van der Waals surface area contributed by atoms with E-state index in [1.54, 1.807) is 12.1 Å². The molecule has 0 amide bonds. The molecule has 2 rings (SSSR count). The van der Waals surface area contributed by atoms with Crippen molar-refractivity contribution in [1.82, 2.24) is 0 Å². The molecule has 0 aliphatic rings. The minimum atomic E-state index is -1.07. The summed E-state index contributed by atoms with van der Waals surface area (Å²) in [4.78, 5) is 12.0. The van der Waals surface area contributed by atoms with Gasteiger partial charge in [0.25, 0.3) is 0 Å². The molecule has 17 heavy (non-hydrogen) atoms. The lowest BCUT2D eigenvalue weighted by Crippen LogP contribution is -1.99. The summed E-state index contributed by atoms with van der Waals surface area (Å²) in [6.45, 7) is 0. The SMILES string of the molecule is O=C(O)/C(=C/c1cccs1)c1cccc(F)c1. The Morgan fingerprint density at radius 3 is 2.71 bits per heavy atom. The summed E-state index contributed by atoms with van der Waals surface area (Å²) in [5, 5.41) is 11.0. The third-order valence-electron chi connectivity index (χ3n) is 2.20. The van der Waals surface area contributed by atoms with Crippen molar-refractivity contribution in [2.24, 2.45) is 0 Å². The molecule has 0 saturated heterocycles. The quantitative estimate of drug-likeness (QED) is 0.844. The van der Waals surface area contributed by atoms with Crippen LogP contribution in [0.15, 0.2) is 41.8 Å². The third kappa shape index (κ3) is 2.79. The number of carboxylic acid groups (broad SMARTS) is 1. The molecule has 0 atom stereocenters. The lowest BCUT2D eigenvalue weighted by Gasteiger charge is -2.02. The predicted octanol–water partition coefficient (Wildman–Crippen LogP) is 3.51. The van der Waals surface area contributed by atoms with Crippen LogP contribution in [0.3, 0.4) is 0 Å². The number of thiophene rings is 1. The third-order valence-corrected chi connectivity index (χ3v) is 3.02. The van der Waals surface area contributed by atoms with E-state index >= 15 is 0 Å². The smallest absolute Gasteiger partial charge is 0.336 e. The Bertz CT molecular complexity index is 559. The van der Waals surface area contributed by atoms with Gasteiger partial charge in [0.05, 0.1) is 5.57 Å². The van der Waals surface area contributed by atoms with E-state index in [4.69, 9.17) is 5.11 Å². The summed E-state index contributed by atoms with van der Waals surface area (Å²) in [7, 11) is 0. The van der Waals surface area contributed by atoms with E-state index in [9.17, 15) is 9.18 Å². The number of hydrogen-bond donors (Lipinski definition) is 1. The Morgan fingerprint density at radius 2 is 2.12 bits per heavy atom. The largest absolute Gasteiger partial charge is 0.478 e. The van der Waals surface area contributed by atoms with Gasteiger partial charge in [0, 0.05) is 4.88 Å². The second-order valence-electron chi connectivity index (χ2n) is 3.39. The number of carbonyl (C=O) groups is 1. The molecule has 0 saturated carbocycles. The molecule has 0 fully saturated rings. The van der Waals surface area contributed by atoms with Crippen molar-refractivity contribution in [3.8, 4) is 0 Å². The lowest BCUT2D eigenvalue weighted by atomic mass is 10.1. The summed E-state index contributed by atoms with van der Waals surface area (Å²) < 4.78 is 13.1. The van der Waals surface area contributed by atoms with Gasteiger partial charge >= 0.3 is 5.97 Å². The summed E-state index contributed by atoms with van der Waals surface area (Å²) >= 11 is 1.43. The van der Waals surface area contributed by atoms with Crippen molar-refractivity contribution >= 4 is 29.0 Å². The first-order valence-electron chi connectivity index (χ1n) is 4.91. The van der Waals surface area contributed by atoms with Crippen LogP contribution in [-0.2, 0) is 4.79 Å². The fraction of sp³-hybridized carbons (Fsp3) is 0. The van der Waals surface area contributed by atoms with Crippen molar-refractivity contribution < 1.29 is 14.3 Å². The Balaban J connectivity index is 2.46. The molecule has 0 unspecified atom stereocenters. The number of rotatable bonds is 3. The first-order valence-corrected chi connectivity index (χ1v) is 5.79. The van der Waals surface area contributed by atoms with Gasteiger partial charge in [0.15, 0.2) is 0 Å². The highest BCUT2D eigenvalue weighted by molar-refractivity contribution is 7.10. The first kappa shape index (κ1) is 11.5. The van der Waals surface area contributed by atoms with Gasteiger partial charge in [-0.2, -0.15) is 0 Å². The number of aliphatic carboxylic acids is 1. The van der Waals surface area contributed by atoms with E-state index in [0.29, 0.717) is 5.56 Å². The Labute approximate surface area is 102 Å². The number of hydrogen-bond acceptors (Lipinski definition) is 2. The fourth-order valence-corrected chi connectivity index (χ4v) is 2.10. The van der Waals surface area contributed by atoms with Crippen LogP contribution in [-0.4, -0.2) is 11.1 Å². The van der Waals surface area contributed by atoms with Gasteiger partial charge < -0.3 is 5.11 Å². The maximum absolute atomic E-state index is 13.1. The summed E-state index contributed by atoms with van der Waals surface area (Å²) in [6.07, 6.45) is 1.54. The van der Waals surface area contributed by atoms with E-state index < -0.39 is 11.8 Å². The topological polar surface area (TPSA) is 37.3 Å². The fourth-order valence-electron chi connectivity index (χ4n) is 1.44. The van der Waals surface area contributed by atoms with Crippen molar-refractivity contribution in [2.45, 2.75) is 0 Å². The van der Waals surface area contributed by atoms with Gasteiger partial charge in [-0.25, -0.2) is 9.18 Å². The lowest BCUT2D eigenvalue weighted by molar-refractivity contribution is -0.130. The molecule has 0 spiro atoms. The first-order chi connectivity index (χ1) is 8.16. The minimum absolute atomic E-state index is 0.0898. The van der Waals surface area contributed by atoms with E-state index in [1.165, 1.54) is 29.5 Å². The summed E-state index contributed by atoms with van der Waals surface area (Å²) in [5.41, 5.74) is 0.456. The predicted molar refractivity (Wildman–Crippen MR) is 66.2 cm³/mol. The maximum atomic E-state index is 13.1. The van der Waals surface area contributed by atoms with Crippen LogP contribution in [0.5, 0.6) is 0 Å². The molecule has 0 aliphatic carbocycles. The Morgan fingerprint density at radius 1 is 1.29 bits per heavy atom. The zero-order valence-corrected chi connectivity index (χ0v) is 9.58. The Kier molecular flexibility index (Phi) is 3.35. The molecule has 4 heteroatoms. The van der Waals surface area contributed by atoms with E-state index in [2.05, 4.69) is 0 Å². The number of benzene rings is 1. The molecule has 0 radical (unpaired) electrons. The molecule has 0 bridgehead atoms. The van der Waals surface area contributed by atoms with Gasteiger partial charge in [-0.3, -0.25) is 0 Å². The zero-order chi connectivity index (χ0) is 12.3. The maximum Gasteiger partial charge on any atom is 0.336 e. The van der Waals surface area contributed by atoms with Crippen LogP contribution in [0, 0.1) is 5.82 Å². The zero-order valence-electron chi connectivity index (χ0n) is 8.76. The molecule has 86 valence electrons. The molecule has 1 aromatic heterocycles. The highest BCUT2D eigenvalue weighted by atomic mass is 32.1. The van der Waals surface area contributed by atoms with Gasteiger partial charge in [0.2, 0.25) is 0 Å². The highest BCUT2D eigenvalue weighted by Crippen LogP contribution is 2.21.